The highest BCUT2D eigenvalue weighted by molar-refractivity contribution is 9.10. The minimum absolute atomic E-state index is 0.0339. The number of amides is 1. The molecular formula is C26H24BrF3N2O5S. The summed E-state index contributed by atoms with van der Waals surface area (Å²) >= 11 is 3.30. The minimum atomic E-state index is -5.08. The zero-order chi connectivity index (χ0) is 28.0. The van der Waals surface area contributed by atoms with Gasteiger partial charge in [0.1, 0.15) is 0 Å². The highest BCUT2D eigenvalue weighted by Crippen LogP contribution is 2.48. The second-order valence-electron chi connectivity index (χ2n) is 8.51. The maximum absolute atomic E-state index is 12.8. The molecule has 0 atom stereocenters. The molecule has 0 aliphatic heterocycles. The van der Waals surface area contributed by atoms with Gasteiger partial charge in [0.2, 0.25) is 5.91 Å². The Bertz CT molecular complexity index is 1360. The third-order valence-corrected chi connectivity index (χ3v) is 7.71. The Kier molecular flexibility index (Phi) is 9.21. The average molecular weight is 613 g/mol. The van der Waals surface area contributed by atoms with Crippen LogP contribution in [0.3, 0.4) is 0 Å². The SMILES string of the molecule is O=C(NCCc1ccccc1)C1(c2ccc(NS(=O)(=O)c3ccc(Br)cc3)cc2)CC1.O=C(O)C(F)(F)F. The molecule has 12 heteroatoms. The summed E-state index contributed by atoms with van der Waals surface area (Å²) in [7, 11) is -3.67. The fourth-order valence-electron chi connectivity index (χ4n) is 3.59. The monoisotopic (exact) mass is 612 g/mol. The van der Waals surface area contributed by atoms with Crippen LogP contribution in [-0.2, 0) is 31.4 Å². The van der Waals surface area contributed by atoms with Crippen LogP contribution in [0.4, 0.5) is 18.9 Å². The molecule has 0 heterocycles. The minimum Gasteiger partial charge on any atom is -0.475 e. The van der Waals surface area contributed by atoms with Gasteiger partial charge in [0, 0.05) is 16.7 Å². The van der Waals surface area contributed by atoms with Crippen LogP contribution in [0, 0.1) is 0 Å². The molecule has 1 saturated carbocycles. The van der Waals surface area contributed by atoms with Crippen molar-refractivity contribution >= 4 is 43.5 Å². The summed E-state index contributed by atoms with van der Waals surface area (Å²) in [4.78, 5) is 21.9. The Morgan fingerprint density at radius 1 is 0.921 bits per heavy atom. The summed E-state index contributed by atoms with van der Waals surface area (Å²) in [5.74, 6) is -2.72. The number of carboxylic acids is 1. The lowest BCUT2D eigenvalue weighted by molar-refractivity contribution is -0.192. The molecule has 3 aromatic rings. The van der Waals surface area contributed by atoms with Crippen molar-refractivity contribution in [3.8, 4) is 0 Å². The van der Waals surface area contributed by atoms with Crippen molar-refractivity contribution < 1.29 is 36.3 Å². The summed E-state index contributed by atoms with van der Waals surface area (Å²) in [5.41, 5.74) is 2.07. The lowest BCUT2D eigenvalue weighted by Gasteiger charge is -2.17. The number of sulfonamides is 1. The summed E-state index contributed by atoms with van der Waals surface area (Å²) in [6, 6.07) is 23.6. The van der Waals surface area contributed by atoms with E-state index >= 15 is 0 Å². The first-order valence-corrected chi connectivity index (χ1v) is 13.6. The van der Waals surface area contributed by atoms with Crippen LogP contribution in [-0.4, -0.2) is 38.1 Å². The van der Waals surface area contributed by atoms with Gasteiger partial charge in [-0.3, -0.25) is 9.52 Å². The van der Waals surface area contributed by atoms with Gasteiger partial charge in [-0.1, -0.05) is 58.4 Å². The number of alkyl halides is 3. The van der Waals surface area contributed by atoms with E-state index in [2.05, 4.69) is 26.0 Å². The smallest absolute Gasteiger partial charge is 0.475 e. The van der Waals surface area contributed by atoms with E-state index in [1.807, 2.05) is 42.5 Å². The van der Waals surface area contributed by atoms with Crippen LogP contribution in [0.2, 0.25) is 0 Å². The average Bonchev–Trinajstić information content (AvgIpc) is 3.67. The number of anilines is 1. The van der Waals surface area contributed by atoms with E-state index in [0.717, 1.165) is 29.3 Å². The highest BCUT2D eigenvalue weighted by atomic mass is 79.9. The van der Waals surface area contributed by atoms with Crippen LogP contribution in [0.15, 0.2) is 88.2 Å². The van der Waals surface area contributed by atoms with E-state index in [4.69, 9.17) is 9.90 Å². The predicted octanol–water partition coefficient (Wildman–Crippen LogP) is 5.27. The van der Waals surface area contributed by atoms with Crippen molar-refractivity contribution in [2.45, 2.75) is 35.7 Å². The van der Waals surface area contributed by atoms with Gasteiger partial charge in [0.25, 0.3) is 10.0 Å². The standard InChI is InChI=1S/C24H23BrN2O3S.C2HF3O2/c25-20-8-12-22(13-9-20)31(29,30)27-21-10-6-19(7-11-21)24(15-16-24)23(28)26-17-14-18-4-2-1-3-5-18;3-2(4,5)1(6)7/h1-13,27H,14-17H2,(H,26,28);(H,6,7). The Morgan fingerprint density at radius 3 is 1.97 bits per heavy atom. The van der Waals surface area contributed by atoms with Crippen molar-refractivity contribution in [1.82, 2.24) is 5.32 Å². The normalized spacial score (nSPS) is 14.0. The van der Waals surface area contributed by atoms with E-state index < -0.39 is 27.6 Å². The fourth-order valence-corrected chi connectivity index (χ4v) is 4.91. The highest BCUT2D eigenvalue weighted by Gasteiger charge is 2.51. The molecule has 7 nitrogen and oxygen atoms in total. The van der Waals surface area contributed by atoms with Crippen LogP contribution in [0.1, 0.15) is 24.0 Å². The molecule has 0 spiro atoms. The molecule has 1 aliphatic carbocycles. The molecule has 1 amide bonds. The van der Waals surface area contributed by atoms with Crippen molar-refractivity contribution in [2.75, 3.05) is 11.3 Å². The first-order chi connectivity index (χ1) is 17.8. The van der Waals surface area contributed by atoms with Crippen molar-refractivity contribution in [3.05, 3.63) is 94.5 Å². The quantitative estimate of drug-likeness (QED) is 0.321. The lowest BCUT2D eigenvalue weighted by Crippen LogP contribution is -2.35. The topological polar surface area (TPSA) is 113 Å². The molecular weight excluding hydrogens is 589 g/mol. The molecule has 202 valence electrons. The van der Waals surface area contributed by atoms with E-state index in [0.29, 0.717) is 12.2 Å². The molecule has 1 aliphatic rings. The summed E-state index contributed by atoms with van der Waals surface area (Å²) < 4.78 is 60.3. The predicted molar refractivity (Wildman–Crippen MR) is 139 cm³/mol. The summed E-state index contributed by atoms with van der Waals surface area (Å²) in [6.45, 7) is 0.593. The van der Waals surface area contributed by atoms with E-state index in [9.17, 15) is 26.4 Å². The number of rotatable bonds is 8. The molecule has 0 radical (unpaired) electrons. The molecule has 0 bridgehead atoms. The zero-order valence-electron chi connectivity index (χ0n) is 19.8. The first-order valence-electron chi connectivity index (χ1n) is 11.3. The Morgan fingerprint density at radius 2 is 1.47 bits per heavy atom. The molecule has 0 unspecified atom stereocenters. The Hall–Kier alpha value is -3.38. The number of carboxylic acid groups (broad SMARTS) is 1. The maximum atomic E-state index is 12.8. The second-order valence-corrected chi connectivity index (χ2v) is 11.1. The number of nitrogens with one attached hydrogen (secondary N) is 2. The number of aliphatic carboxylic acids is 1. The second kappa shape index (κ2) is 12.0. The van der Waals surface area contributed by atoms with E-state index in [-0.39, 0.29) is 10.8 Å². The van der Waals surface area contributed by atoms with Gasteiger partial charge in [0.15, 0.2) is 0 Å². The van der Waals surface area contributed by atoms with Gasteiger partial charge in [-0.2, -0.15) is 13.2 Å². The number of halogens is 4. The third-order valence-electron chi connectivity index (χ3n) is 5.78. The zero-order valence-corrected chi connectivity index (χ0v) is 22.2. The number of carbonyl (C=O) groups is 2. The number of carbonyl (C=O) groups excluding carboxylic acids is 1. The van der Waals surface area contributed by atoms with Crippen LogP contribution in [0.5, 0.6) is 0 Å². The van der Waals surface area contributed by atoms with E-state index in [1.54, 1.807) is 36.4 Å². The van der Waals surface area contributed by atoms with E-state index in [1.165, 1.54) is 5.56 Å². The van der Waals surface area contributed by atoms with Gasteiger partial charge in [-0.25, -0.2) is 13.2 Å². The van der Waals surface area contributed by atoms with Crippen LogP contribution < -0.4 is 10.0 Å². The number of hydrogen-bond acceptors (Lipinski definition) is 4. The Labute approximate surface area is 226 Å². The molecule has 38 heavy (non-hydrogen) atoms. The van der Waals surface area contributed by atoms with Crippen molar-refractivity contribution in [1.29, 1.82) is 0 Å². The van der Waals surface area contributed by atoms with Gasteiger partial charge in [-0.05, 0) is 66.8 Å². The largest absolute Gasteiger partial charge is 0.490 e. The molecule has 0 saturated heterocycles. The van der Waals surface area contributed by atoms with Gasteiger partial charge >= 0.3 is 12.1 Å². The van der Waals surface area contributed by atoms with Crippen molar-refractivity contribution in [3.63, 3.8) is 0 Å². The number of hydrogen-bond donors (Lipinski definition) is 3. The maximum Gasteiger partial charge on any atom is 0.490 e. The molecule has 3 N–H and O–H groups in total. The first kappa shape index (κ1) is 29.2. The summed E-state index contributed by atoms with van der Waals surface area (Å²) in [6.07, 6.45) is -2.69. The fraction of sp³-hybridized carbons (Fsp3) is 0.231. The summed E-state index contributed by atoms with van der Waals surface area (Å²) in [5, 5.41) is 10.2. The van der Waals surface area contributed by atoms with Crippen molar-refractivity contribution in [2.24, 2.45) is 0 Å². The third kappa shape index (κ3) is 7.81. The van der Waals surface area contributed by atoms with Crippen LogP contribution >= 0.6 is 15.9 Å². The van der Waals surface area contributed by atoms with Gasteiger partial charge in [-0.15, -0.1) is 0 Å². The molecule has 1 fully saturated rings. The number of benzene rings is 3. The molecule has 4 rings (SSSR count). The Balaban J connectivity index is 0.000000505. The lowest BCUT2D eigenvalue weighted by atomic mass is 9.94. The van der Waals surface area contributed by atoms with Crippen LogP contribution in [0.25, 0.3) is 0 Å². The molecule has 0 aromatic heterocycles. The van der Waals surface area contributed by atoms with Gasteiger partial charge < -0.3 is 10.4 Å². The van der Waals surface area contributed by atoms with Gasteiger partial charge in [0.05, 0.1) is 10.3 Å². The molecule has 3 aromatic carbocycles.